The molecular formula is C11H16N4S. The van der Waals surface area contributed by atoms with Crippen LogP contribution < -0.4 is 5.32 Å². The van der Waals surface area contributed by atoms with Gasteiger partial charge in [0.1, 0.15) is 12.2 Å². The molecule has 2 aromatic rings. The standard InChI is InChI=1S/C11H16N4S/c1-3-15-11(13-8-14-15)6-10(12-2)9-4-5-16-7-9/h4-5,7-8,10,12H,3,6H2,1-2H3. The van der Waals surface area contributed by atoms with E-state index in [0.29, 0.717) is 6.04 Å². The number of nitrogens with zero attached hydrogens (tertiary/aromatic N) is 3. The van der Waals surface area contributed by atoms with Crippen LogP contribution in [0, 0.1) is 0 Å². The topological polar surface area (TPSA) is 42.7 Å². The molecule has 0 aromatic carbocycles. The Morgan fingerprint density at radius 2 is 2.44 bits per heavy atom. The lowest BCUT2D eigenvalue weighted by molar-refractivity contribution is 0.534. The summed E-state index contributed by atoms with van der Waals surface area (Å²) in [7, 11) is 1.98. The highest BCUT2D eigenvalue weighted by Gasteiger charge is 2.13. The Bertz CT molecular complexity index is 421. The molecule has 0 fully saturated rings. The SMILES string of the molecule is CCn1ncnc1CC(NC)c1ccsc1. The summed E-state index contributed by atoms with van der Waals surface area (Å²) in [5.74, 6) is 1.04. The Morgan fingerprint density at radius 3 is 3.06 bits per heavy atom. The molecule has 2 rings (SSSR count). The third-order valence-corrected chi connectivity index (χ3v) is 3.38. The van der Waals surface area contributed by atoms with E-state index in [-0.39, 0.29) is 0 Å². The van der Waals surface area contributed by atoms with Crippen molar-refractivity contribution in [2.45, 2.75) is 25.9 Å². The van der Waals surface area contributed by atoms with E-state index in [1.165, 1.54) is 5.56 Å². The van der Waals surface area contributed by atoms with E-state index < -0.39 is 0 Å². The van der Waals surface area contributed by atoms with Gasteiger partial charge < -0.3 is 5.32 Å². The van der Waals surface area contributed by atoms with Gasteiger partial charge in [-0.25, -0.2) is 4.98 Å². The molecule has 0 aliphatic heterocycles. The summed E-state index contributed by atoms with van der Waals surface area (Å²) in [6.07, 6.45) is 2.50. The first kappa shape index (κ1) is 11.3. The molecule has 0 bridgehead atoms. The summed E-state index contributed by atoms with van der Waals surface area (Å²) in [5, 5.41) is 11.8. The molecule has 1 atom stereocenters. The minimum absolute atomic E-state index is 0.320. The third kappa shape index (κ3) is 2.31. The molecule has 0 aliphatic rings. The maximum absolute atomic E-state index is 4.30. The predicted octanol–water partition coefficient (Wildman–Crippen LogP) is 1.86. The second-order valence-electron chi connectivity index (χ2n) is 3.59. The van der Waals surface area contributed by atoms with Crippen molar-refractivity contribution in [1.82, 2.24) is 20.1 Å². The van der Waals surface area contributed by atoms with Crippen molar-refractivity contribution in [3.63, 3.8) is 0 Å². The summed E-state index contributed by atoms with van der Waals surface area (Å²) in [6.45, 7) is 2.95. The van der Waals surface area contributed by atoms with Gasteiger partial charge in [-0.2, -0.15) is 16.4 Å². The quantitative estimate of drug-likeness (QED) is 0.861. The first-order valence-electron chi connectivity index (χ1n) is 5.41. The van der Waals surface area contributed by atoms with Crippen LogP contribution in [-0.2, 0) is 13.0 Å². The van der Waals surface area contributed by atoms with Gasteiger partial charge >= 0.3 is 0 Å². The average Bonchev–Trinajstić information content (AvgIpc) is 2.96. The first-order valence-corrected chi connectivity index (χ1v) is 6.35. The number of nitrogens with one attached hydrogen (secondary N) is 1. The molecule has 0 aliphatic carbocycles. The van der Waals surface area contributed by atoms with Gasteiger partial charge in [0, 0.05) is 19.0 Å². The molecule has 0 radical (unpaired) electrons. The van der Waals surface area contributed by atoms with Crippen molar-refractivity contribution < 1.29 is 0 Å². The van der Waals surface area contributed by atoms with Crippen LogP contribution in [0.2, 0.25) is 0 Å². The molecule has 2 aromatic heterocycles. The van der Waals surface area contributed by atoms with E-state index in [0.717, 1.165) is 18.8 Å². The largest absolute Gasteiger partial charge is 0.313 e. The van der Waals surface area contributed by atoms with Crippen LogP contribution in [0.4, 0.5) is 0 Å². The maximum Gasteiger partial charge on any atom is 0.138 e. The van der Waals surface area contributed by atoms with E-state index in [4.69, 9.17) is 0 Å². The minimum Gasteiger partial charge on any atom is -0.313 e. The van der Waals surface area contributed by atoms with Crippen molar-refractivity contribution in [3.8, 4) is 0 Å². The smallest absolute Gasteiger partial charge is 0.138 e. The van der Waals surface area contributed by atoms with Crippen molar-refractivity contribution in [2.24, 2.45) is 0 Å². The fourth-order valence-corrected chi connectivity index (χ4v) is 2.47. The summed E-state index contributed by atoms with van der Waals surface area (Å²) in [5.41, 5.74) is 1.32. The minimum atomic E-state index is 0.320. The van der Waals surface area contributed by atoms with Crippen LogP contribution >= 0.6 is 11.3 Å². The van der Waals surface area contributed by atoms with Gasteiger partial charge in [-0.1, -0.05) is 0 Å². The van der Waals surface area contributed by atoms with Gasteiger partial charge in [0.25, 0.3) is 0 Å². The van der Waals surface area contributed by atoms with Crippen LogP contribution in [0.25, 0.3) is 0 Å². The highest BCUT2D eigenvalue weighted by molar-refractivity contribution is 7.07. The Balaban J connectivity index is 2.13. The number of hydrogen-bond acceptors (Lipinski definition) is 4. The Morgan fingerprint density at radius 1 is 1.56 bits per heavy atom. The van der Waals surface area contributed by atoms with Crippen LogP contribution in [0.5, 0.6) is 0 Å². The third-order valence-electron chi connectivity index (χ3n) is 2.68. The first-order chi connectivity index (χ1) is 7.85. The van der Waals surface area contributed by atoms with Gasteiger partial charge in [-0.3, -0.25) is 4.68 Å². The summed E-state index contributed by atoms with van der Waals surface area (Å²) < 4.78 is 1.94. The molecule has 2 heterocycles. The van der Waals surface area contributed by atoms with Crippen molar-refractivity contribution in [3.05, 3.63) is 34.5 Å². The molecule has 0 amide bonds. The monoisotopic (exact) mass is 236 g/mol. The zero-order chi connectivity index (χ0) is 11.4. The summed E-state index contributed by atoms with van der Waals surface area (Å²) in [4.78, 5) is 4.30. The summed E-state index contributed by atoms with van der Waals surface area (Å²) >= 11 is 1.72. The number of aromatic nitrogens is 3. The average molecular weight is 236 g/mol. The molecule has 0 saturated carbocycles. The van der Waals surface area contributed by atoms with E-state index in [1.54, 1.807) is 17.7 Å². The van der Waals surface area contributed by atoms with Crippen LogP contribution in [0.1, 0.15) is 24.4 Å². The van der Waals surface area contributed by atoms with Gasteiger partial charge in [-0.15, -0.1) is 0 Å². The van der Waals surface area contributed by atoms with E-state index in [9.17, 15) is 0 Å². The predicted molar refractivity (Wildman–Crippen MR) is 65.5 cm³/mol. The second kappa shape index (κ2) is 5.23. The number of likely N-dealkylation sites (N-methyl/N-ethyl adjacent to an activating group) is 1. The van der Waals surface area contributed by atoms with Crippen molar-refractivity contribution in [1.29, 1.82) is 0 Å². The number of thiophene rings is 1. The molecule has 5 heteroatoms. The fourth-order valence-electron chi connectivity index (χ4n) is 1.75. The molecule has 1 unspecified atom stereocenters. The molecule has 4 nitrogen and oxygen atoms in total. The van der Waals surface area contributed by atoms with Crippen LogP contribution in [0.3, 0.4) is 0 Å². The van der Waals surface area contributed by atoms with Crippen LogP contribution in [-0.4, -0.2) is 21.8 Å². The molecule has 0 saturated heterocycles. The van der Waals surface area contributed by atoms with Gasteiger partial charge in [0.05, 0.1) is 0 Å². The number of rotatable bonds is 5. The number of hydrogen-bond donors (Lipinski definition) is 1. The Hall–Kier alpha value is -1.20. The zero-order valence-electron chi connectivity index (χ0n) is 9.55. The molecule has 86 valence electrons. The van der Waals surface area contributed by atoms with Crippen molar-refractivity contribution in [2.75, 3.05) is 7.05 Å². The normalized spacial score (nSPS) is 12.9. The van der Waals surface area contributed by atoms with Crippen molar-refractivity contribution >= 4 is 11.3 Å². The Labute approximate surface area is 99.3 Å². The van der Waals surface area contributed by atoms with Crippen LogP contribution in [0.15, 0.2) is 23.2 Å². The molecule has 16 heavy (non-hydrogen) atoms. The molecular weight excluding hydrogens is 220 g/mol. The van der Waals surface area contributed by atoms with Gasteiger partial charge in [0.2, 0.25) is 0 Å². The lowest BCUT2D eigenvalue weighted by Crippen LogP contribution is -2.20. The molecule has 0 spiro atoms. The van der Waals surface area contributed by atoms with E-state index >= 15 is 0 Å². The molecule has 1 N–H and O–H groups in total. The van der Waals surface area contributed by atoms with E-state index in [1.807, 2.05) is 11.7 Å². The lowest BCUT2D eigenvalue weighted by atomic mass is 10.1. The number of aryl methyl sites for hydroxylation is 1. The zero-order valence-corrected chi connectivity index (χ0v) is 10.4. The highest BCUT2D eigenvalue weighted by Crippen LogP contribution is 2.19. The maximum atomic E-state index is 4.30. The fraction of sp³-hybridized carbons (Fsp3) is 0.455. The van der Waals surface area contributed by atoms with Gasteiger partial charge in [0.15, 0.2) is 0 Å². The Kier molecular flexibility index (Phi) is 3.69. The summed E-state index contributed by atoms with van der Waals surface area (Å²) in [6, 6.07) is 2.47. The van der Waals surface area contributed by atoms with E-state index in [2.05, 4.69) is 39.1 Å². The highest BCUT2D eigenvalue weighted by atomic mass is 32.1. The second-order valence-corrected chi connectivity index (χ2v) is 4.37. The lowest BCUT2D eigenvalue weighted by Gasteiger charge is -2.14. The van der Waals surface area contributed by atoms with Gasteiger partial charge in [-0.05, 0) is 36.4 Å².